The van der Waals surface area contributed by atoms with Crippen molar-refractivity contribution in [2.45, 2.75) is 83.5 Å². The van der Waals surface area contributed by atoms with E-state index in [2.05, 4.69) is 105 Å². The number of hydrogen-bond donors (Lipinski definition) is 0. The van der Waals surface area contributed by atoms with Crippen molar-refractivity contribution < 1.29 is 0 Å². The van der Waals surface area contributed by atoms with Crippen molar-refractivity contribution in [1.29, 1.82) is 0 Å². The van der Waals surface area contributed by atoms with E-state index in [0.29, 0.717) is 0 Å². The molecule has 0 spiro atoms. The Labute approximate surface area is 245 Å². The highest BCUT2D eigenvalue weighted by molar-refractivity contribution is 5.86. The second-order valence-electron chi connectivity index (χ2n) is 11.8. The van der Waals surface area contributed by atoms with E-state index in [-0.39, 0.29) is 5.41 Å². The van der Waals surface area contributed by atoms with Gasteiger partial charge in [0.05, 0.1) is 17.1 Å². The summed E-state index contributed by atoms with van der Waals surface area (Å²) in [5.41, 5.74) is 10.0. The summed E-state index contributed by atoms with van der Waals surface area (Å²) in [6.07, 6.45) is 14.8. The first-order valence-electron chi connectivity index (χ1n) is 15.8. The fourth-order valence-electron chi connectivity index (χ4n) is 6.95. The average molecular weight is 539 g/mol. The maximum atomic E-state index is 5.15. The topological polar surface area (TPSA) is 25.8 Å². The van der Waals surface area contributed by atoms with Crippen LogP contribution in [0.2, 0.25) is 0 Å². The van der Waals surface area contributed by atoms with Crippen molar-refractivity contribution in [3.8, 4) is 33.8 Å². The van der Waals surface area contributed by atoms with Gasteiger partial charge >= 0.3 is 0 Å². The van der Waals surface area contributed by atoms with E-state index in [1.54, 1.807) is 5.56 Å². The van der Waals surface area contributed by atoms with Crippen molar-refractivity contribution >= 4 is 10.8 Å². The number of rotatable bonds is 12. The second-order valence-corrected chi connectivity index (χ2v) is 11.8. The van der Waals surface area contributed by atoms with Crippen LogP contribution in [0.15, 0.2) is 97.2 Å². The second kappa shape index (κ2) is 12.4. The van der Waals surface area contributed by atoms with Crippen molar-refractivity contribution in [3.63, 3.8) is 0 Å². The Balaban J connectivity index is 1.40. The molecule has 208 valence electrons. The van der Waals surface area contributed by atoms with Gasteiger partial charge in [-0.2, -0.15) is 0 Å². The van der Waals surface area contributed by atoms with Gasteiger partial charge in [-0.3, -0.25) is 4.98 Å². The van der Waals surface area contributed by atoms with Gasteiger partial charge in [-0.15, -0.1) is 0 Å². The highest BCUT2D eigenvalue weighted by Crippen LogP contribution is 2.54. The number of aromatic nitrogens is 2. The molecular formula is C39H42N2. The minimum atomic E-state index is 0.0843. The van der Waals surface area contributed by atoms with Crippen LogP contribution in [0.1, 0.15) is 89.2 Å². The molecular weight excluding hydrogens is 496 g/mol. The number of fused-ring (bicyclic) bond motifs is 4. The molecule has 6 rings (SSSR count). The maximum Gasteiger partial charge on any atom is 0.0893 e. The Morgan fingerprint density at radius 3 is 2.00 bits per heavy atom. The molecule has 0 aliphatic heterocycles. The third-order valence-electron chi connectivity index (χ3n) is 9.12. The van der Waals surface area contributed by atoms with Crippen LogP contribution in [-0.4, -0.2) is 9.97 Å². The third-order valence-corrected chi connectivity index (χ3v) is 9.12. The Bertz CT molecular complexity index is 1620. The first kappa shape index (κ1) is 27.4. The number of nitrogens with zero attached hydrogens (tertiary/aromatic N) is 2. The molecule has 2 heterocycles. The van der Waals surface area contributed by atoms with Crippen LogP contribution >= 0.6 is 0 Å². The van der Waals surface area contributed by atoms with E-state index in [0.717, 1.165) is 22.5 Å². The number of benzene rings is 3. The molecule has 0 radical (unpaired) electrons. The molecule has 1 aliphatic carbocycles. The zero-order chi connectivity index (χ0) is 28.1. The van der Waals surface area contributed by atoms with Gasteiger partial charge in [0.1, 0.15) is 0 Å². The van der Waals surface area contributed by atoms with Crippen molar-refractivity contribution in [1.82, 2.24) is 9.97 Å². The highest BCUT2D eigenvalue weighted by atomic mass is 14.8. The Kier molecular flexibility index (Phi) is 8.28. The molecule has 0 saturated heterocycles. The molecule has 0 unspecified atom stereocenters. The van der Waals surface area contributed by atoms with Gasteiger partial charge in [-0.25, -0.2) is 4.98 Å². The number of unbranched alkanes of at least 4 members (excludes halogenated alkanes) is 6. The first-order valence-corrected chi connectivity index (χ1v) is 15.8. The smallest absolute Gasteiger partial charge is 0.0893 e. The third kappa shape index (κ3) is 5.45. The minimum absolute atomic E-state index is 0.0843. The number of hydrogen-bond acceptors (Lipinski definition) is 2. The Morgan fingerprint density at radius 2 is 1.22 bits per heavy atom. The van der Waals surface area contributed by atoms with Crippen LogP contribution in [0.25, 0.3) is 44.5 Å². The monoisotopic (exact) mass is 538 g/mol. The molecule has 3 aromatic carbocycles. The molecule has 5 aromatic rings. The average Bonchev–Trinajstić information content (AvgIpc) is 3.30. The lowest BCUT2D eigenvalue weighted by Gasteiger charge is -2.33. The van der Waals surface area contributed by atoms with Crippen LogP contribution < -0.4 is 0 Å². The molecule has 0 atom stereocenters. The largest absolute Gasteiger partial charge is 0.254 e. The van der Waals surface area contributed by atoms with Crippen molar-refractivity contribution in [2.75, 3.05) is 0 Å². The fraction of sp³-hybridized carbons (Fsp3) is 0.333. The molecule has 41 heavy (non-hydrogen) atoms. The van der Waals surface area contributed by atoms with Crippen LogP contribution in [0.4, 0.5) is 0 Å². The lowest BCUT2D eigenvalue weighted by molar-refractivity contribution is 0.401. The van der Waals surface area contributed by atoms with E-state index >= 15 is 0 Å². The van der Waals surface area contributed by atoms with Crippen LogP contribution in [-0.2, 0) is 5.41 Å². The molecule has 2 aromatic heterocycles. The predicted octanol–water partition coefficient (Wildman–Crippen LogP) is 11.2. The summed E-state index contributed by atoms with van der Waals surface area (Å²) in [6.45, 7) is 4.61. The molecule has 0 saturated carbocycles. The van der Waals surface area contributed by atoms with E-state index in [4.69, 9.17) is 9.97 Å². The Hall–Kier alpha value is -3.78. The minimum Gasteiger partial charge on any atom is -0.254 e. The van der Waals surface area contributed by atoms with Crippen molar-refractivity contribution in [2.24, 2.45) is 0 Å². The van der Waals surface area contributed by atoms with E-state index in [1.165, 1.54) is 91.8 Å². The SMILES string of the molecule is CCCCCCC1(CCCCCC)c2ccccc2-c2ccc(-c3cccc(-c4cc5ccccc5cn4)n3)cc21. The predicted molar refractivity (Wildman–Crippen MR) is 174 cm³/mol. The fourth-order valence-corrected chi connectivity index (χ4v) is 6.95. The summed E-state index contributed by atoms with van der Waals surface area (Å²) in [7, 11) is 0. The van der Waals surface area contributed by atoms with Crippen molar-refractivity contribution in [3.05, 3.63) is 108 Å². The molecule has 0 N–H and O–H groups in total. The van der Waals surface area contributed by atoms with Crippen LogP contribution in [0.5, 0.6) is 0 Å². The van der Waals surface area contributed by atoms with E-state index < -0.39 is 0 Å². The quantitative estimate of drug-likeness (QED) is 0.148. The molecule has 2 heteroatoms. The van der Waals surface area contributed by atoms with E-state index in [1.807, 2.05) is 6.20 Å². The molecule has 0 bridgehead atoms. The zero-order valence-electron chi connectivity index (χ0n) is 24.7. The molecule has 2 nitrogen and oxygen atoms in total. The Morgan fingerprint density at radius 1 is 0.537 bits per heavy atom. The summed E-state index contributed by atoms with van der Waals surface area (Å²) in [6, 6.07) is 33.2. The maximum absolute atomic E-state index is 5.15. The van der Waals surface area contributed by atoms with Gasteiger partial charge < -0.3 is 0 Å². The zero-order valence-corrected chi connectivity index (χ0v) is 24.7. The van der Waals surface area contributed by atoms with Gasteiger partial charge in [0.15, 0.2) is 0 Å². The summed E-state index contributed by atoms with van der Waals surface area (Å²) >= 11 is 0. The van der Waals surface area contributed by atoms with Gasteiger partial charge in [0, 0.05) is 22.6 Å². The van der Waals surface area contributed by atoms with Gasteiger partial charge in [-0.1, -0.05) is 132 Å². The molecule has 1 aliphatic rings. The van der Waals surface area contributed by atoms with Crippen LogP contribution in [0.3, 0.4) is 0 Å². The van der Waals surface area contributed by atoms with E-state index in [9.17, 15) is 0 Å². The van der Waals surface area contributed by atoms with Gasteiger partial charge in [-0.05, 0) is 64.7 Å². The lowest BCUT2D eigenvalue weighted by Crippen LogP contribution is -2.25. The molecule has 0 fully saturated rings. The van der Waals surface area contributed by atoms with Crippen LogP contribution in [0, 0.1) is 0 Å². The summed E-state index contributed by atoms with van der Waals surface area (Å²) < 4.78 is 0. The van der Waals surface area contributed by atoms with Gasteiger partial charge in [0.25, 0.3) is 0 Å². The normalized spacial score (nSPS) is 13.3. The molecule has 0 amide bonds. The number of pyridine rings is 2. The summed E-state index contributed by atoms with van der Waals surface area (Å²) in [4.78, 5) is 9.91. The first-order chi connectivity index (χ1) is 20.2. The standard InChI is InChI=1S/C39H42N2/c1-3-5-7-13-24-39(25-14-8-6-4-2)34-19-12-11-18-32(34)33-23-22-30(26-35(33)39)36-20-15-21-37(41-36)38-27-29-16-9-10-17-31(29)28-40-38/h9-12,15-23,26-28H,3-8,13-14,24-25H2,1-2H3. The van der Waals surface area contributed by atoms with Gasteiger partial charge in [0.2, 0.25) is 0 Å². The highest BCUT2D eigenvalue weighted by Gasteiger charge is 2.42. The summed E-state index contributed by atoms with van der Waals surface area (Å²) in [5.74, 6) is 0. The summed E-state index contributed by atoms with van der Waals surface area (Å²) in [5, 5.41) is 2.34. The lowest BCUT2D eigenvalue weighted by atomic mass is 9.70.